The highest BCUT2D eigenvalue weighted by molar-refractivity contribution is 6.35. The molecule has 0 spiro atoms. The molecule has 34 heavy (non-hydrogen) atoms. The number of hydrogen-bond donors (Lipinski definition) is 2. The molecule has 0 bridgehead atoms. The van der Waals surface area contributed by atoms with Gasteiger partial charge in [0.2, 0.25) is 0 Å². The first-order chi connectivity index (χ1) is 16.4. The maximum absolute atomic E-state index is 12.5. The van der Waals surface area contributed by atoms with E-state index in [4.69, 9.17) is 4.74 Å². The second-order valence-corrected chi connectivity index (χ2v) is 8.87. The smallest absolute Gasteiger partial charge is 0.309 e. The van der Waals surface area contributed by atoms with Gasteiger partial charge < -0.3 is 25.2 Å². The molecular weight excluding hydrogens is 430 g/mol. The molecule has 0 radical (unpaired) electrons. The Balaban J connectivity index is 1.57. The molecule has 0 saturated carbocycles. The molecule has 2 aromatic carbocycles. The second kappa shape index (κ2) is 12.4. The van der Waals surface area contributed by atoms with E-state index in [-0.39, 0.29) is 6.04 Å². The van der Waals surface area contributed by atoms with Gasteiger partial charge in [-0.3, -0.25) is 14.5 Å². The molecule has 0 aromatic heterocycles. The van der Waals surface area contributed by atoms with Gasteiger partial charge in [0, 0.05) is 59.1 Å². The number of nitrogens with one attached hydrogen (secondary N) is 2. The number of piperazine rings is 1. The van der Waals surface area contributed by atoms with E-state index in [1.807, 2.05) is 38.4 Å². The number of ether oxygens (including phenoxy) is 1. The van der Waals surface area contributed by atoms with E-state index in [1.54, 1.807) is 7.11 Å². The molecule has 1 aliphatic rings. The lowest BCUT2D eigenvalue weighted by Gasteiger charge is -2.38. The third-order valence-electron chi connectivity index (χ3n) is 6.31. The van der Waals surface area contributed by atoms with Crippen molar-refractivity contribution in [3.63, 3.8) is 0 Å². The summed E-state index contributed by atoms with van der Waals surface area (Å²) in [6.45, 7) is 4.52. The first-order valence-electron chi connectivity index (χ1n) is 11.8. The van der Waals surface area contributed by atoms with Crippen LogP contribution < -0.4 is 20.3 Å². The molecule has 8 nitrogen and oxygen atoms in total. The minimum atomic E-state index is -0.616. The second-order valence-electron chi connectivity index (χ2n) is 8.87. The van der Waals surface area contributed by atoms with E-state index in [0.29, 0.717) is 19.5 Å². The topological polar surface area (TPSA) is 77.1 Å². The Hall–Kier alpha value is -3.10. The molecule has 184 valence electrons. The van der Waals surface area contributed by atoms with E-state index >= 15 is 0 Å². The normalized spacial score (nSPS) is 15.4. The number of benzene rings is 2. The van der Waals surface area contributed by atoms with Crippen molar-refractivity contribution in [2.75, 3.05) is 72.4 Å². The molecule has 8 heteroatoms. The number of carbonyl (C=O) groups excluding carboxylic acids is 2. The van der Waals surface area contributed by atoms with Crippen LogP contribution in [0.15, 0.2) is 48.5 Å². The van der Waals surface area contributed by atoms with Gasteiger partial charge >= 0.3 is 11.8 Å². The molecule has 2 aromatic rings. The Labute approximate surface area is 202 Å². The highest BCUT2D eigenvalue weighted by Gasteiger charge is 2.25. The maximum Gasteiger partial charge on any atom is 0.309 e. The minimum Gasteiger partial charge on any atom is -0.496 e. The van der Waals surface area contributed by atoms with E-state index in [2.05, 4.69) is 56.6 Å². The number of rotatable bonds is 9. The van der Waals surface area contributed by atoms with Crippen molar-refractivity contribution < 1.29 is 14.3 Å². The van der Waals surface area contributed by atoms with Gasteiger partial charge in [0.15, 0.2) is 0 Å². The summed E-state index contributed by atoms with van der Waals surface area (Å²) in [5.74, 6) is -0.449. The zero-order valence-corrected chi connectivity index (χ0v) is 20.7. The van der Waals surface area contributed by atoms with Crippen LogP contribution in [-0.2, 0) is 16.0 Å². The summed E-state index contributed by atoms with van der Waals surface area (Å²) in [6, 6.07) is 16.1. The zero-order chi connectivity index (χ0) is 24.5. The average Bonchev–Trinajstić information content (AvgIpc) is 2.85. The summed E-state index contributed by atoms with van der Waals surface area (Å²) in [5.41, 5.74) is 3.24. The van der Waals surface area contributed by atoms with Crippen LogP contribution in [-0.4, -0.2) is 89.1 Å². The molecule has 1 saturated heterocycles. The van der Waals surface area contributed by atoms with Gasteiger partial charge in [0.05, 0.1) is 13.2 Å². The summed E-state index contributed by atoms with van der Waals surface area (Å²) in [7, 11) is 7.77. The molecule has 1 atom stereocenters. The van der Waals surface area contributed by atoms with Gasteiger partial charge in [-0.1, -0.05) is 30.3 Å². The fourth-order valence-electron chi connectivity index (χ4n) is 4.16. The highest BCUT2D eigenvalue weighted by Crippen LogP contribution is 2.24. The number of anilines is 1. The summed E-state index contributed by atoms with van der Waals surface area (Å²) in [4.78, 5) is 31.7. The molecule has 1 fully saturated rings. The zero-order valence-electron chi connectivity index (χ0n) is 20.7. The van der Waals surface area contributed by atoms with Crippen molar-refractivity contribution in [2.24, 2.45) is 0 Å². The Kier molecular flexibility index (Phi) is 9.30. The fraction of sp³-hybridized carbons (Fsp3) is 0.462. The molecule has 1 unspecified atom stereocenters. The van der Waals surface area contributed by atoms with E-state index in [1.165, 1.54) is 0 Å². The SMILES string of the molecule is COc1ccccc1CCNC(=O)C(=O)NCC(c1ccc(N(C)C)cc1)N1CCN(C)CC1. The van der Waals surface area contributed by atoms with Gasteiger partial charge in [0.1, 0.15) is 5.75 Å². The monoisotopic (exact) mass is 467 g/mol. The molecule has 3 rings (SSSR count). The third-order valence-corrected chi connectivity index (χ3v) is 6.31. The molecular formula is C26H37N5O3. The van der Waals surface area contributed by atoms with Crippen molar-refractivity contribution >= 4 is 17.5 Å². The molecule has 1 heterocycles. The summed E-state index contributed by atoms with van der Waals surface area (Å²) >= 11 is 0. The van der Waals surface area contributed by atoms with E-state index in [0.717, 1.165) is 48.7 Å². The Morgan fingerprint density at radius 3 is 2.26 bits per heavy atom. The van der Waals surface area contributed by atoms with Gasteiger partial charge in [-0.25, -0.2) is 0 Å². The Bertz CT molecular complexity index is 940. The van der Waals surface area contributed by atoms with E-state index < -0.39 is 11.8 Å². The van der Waals surface area contributed by atoms with E-state index in [9.17, 15) is 9.59 Å². The van der Waals surface area contributed by atoms with Crippen molar-refractivity contribution in [3.8, 4) is 5.75 Å². The van der Waals surface area contributed by atoms with Crippen LogP contribution in [0, 0.1) is 0 Å². The van der Waals surface area contributed by atoms with Crippen LogP contribution in [0.5, 0.6) is 5.75 Å². The molecule has 1 aliphatic heterocycles. The van der Waals surface area contributed by atoms with Crippen LogP contribution in [0.2, 0.25) is 0 Å². The van der Waals surface area contributed by atoms with Crippen LogP contribution >= 0.6 is 0 Å². The lowest BCUT2D eigenvalue weighted by Crippen LogP contribution is -2.49. The minimum absolute atomic E-state index is 0.00948. The lowest BCUT2D eigenvalue weighted by atomic mass is 10.0. The molecule has 0 aliphatic carbocycles. The standard InChI is InChI=1S/C26H37N5O3/c1-29(2)22-11-9-20(10-12-22)23(31-17-15-30(3)16-18-31)19-28-26(33)25(32)27-14-13-21-7-5-6-8-24(21)34-4/h5-12,23H,13-19H2,1-4H3,(H,27,32)(H,28,33). The predicted octanol–water partition coefficient (Wildman–Crippen LogP) is 1.52. The van der Waals surface area contributed by atoms with Crippen molar-refractivity contribution in [1.82, 2.24) is 20.4 Å². The number of amides is 2. The first-order valence-corrected chi connectivity index (χ1v) is 11.8. The maximum atomic E-state index is 12.5. The number of carbonyl (C=O) groups is 2. The Morgan fingerprint density at radius 1 is 0.971 bits per heavy atom. The molecule has 2 N–H and O–H groups in total. The highest BCUT2D eigenvalue weighted by atomic mass is 16.5. The fourth-order valence-corrected chi connectivity index (χ4v) is 4.16. The van der Waals surface area contributed by atoms with Crippen molar-refractivity contribution in [1.29, 1.82) is 0 Å². The molecule has 2 amide bonds. The number of likely N-dealkylation sites (N-methyl/N-ethyl adjacent to an activating group) is 1. The van der Waals surface area contributed by atoms with Gasteiger partial charge in [-0.2, -0.15) is 0 Å². The van der Waals surface area contributed by atoms with Crippen molar-refractivity contribution in [2.45, 2.75) is 12.5 Å². The first kappa shape index (κ1) is 25.5. The van der Waals surface area contributed by atoms with Crippen LogP contribution in [0.3, 0.4) is 0 Å². The van der Waals surface area contributed by atoms with Crippen LogP contribution in [0.4, 0.5) is 5.69 Å². The number of hydrogen-bond acceptors (Lipinski definition) is 6. The van der Waals surface area contributed by atoms with Crippen LogP contribution in [0.25, 0.3) is 0 Å². The number of methoxy groups -OCH3 is 1. The summed E-state index contributed by atoms with van der Waals surface area (Å²) in [5, 5.41) is 5.58. The summed E-state index contributed by atoms with van der Waals surface area (Å²) in [6.07, 6.45) is 0.588. The largest absolute Gasteiger partial charge is 0.496 e. The number of nitrogens with zero attached hydrogens (tertiary/aromatic N) is 3. The predicted molar refractivity (Wildman–Crippen MR) is 135 cm³/mol. The van der Waals surface area contributed by atoms with Gasteiger partial charge in [0.25, 0.3) is 0 Å². The van der Waals surface area contributed by atoms with Crippen LogP contribution in [0.1, 0.15) is 17.2 Å². The van der Waals surface area contributed by atoms with Gasteiger partial charge in [-0.05, 0) is 42.8 Å². The average molecular weight is 468 g/mol. The quantitative estimate of drug-likeness (QED) is 0.545. The summed E-state index contributed by atoms with van der Waals surface area (Å²) < 4.78 is 5.34. The third kappa shape index (κ3) is 6.95. The van der Waals surface area contributed by atoms with Gasteiger partial charge in [-0.15, -0.1) is 0 Å². The Morgan fingerprint density at radius 2 is 1.62 bits per heavy atom. The lowest BCUT2D eigenvalue weighted by molar-refractivity contribution is -0.139. The number of para-hydroxylation sites is 1. The van der Waals surface area contributed by atoms with Crippen molar-refractivity contribution in [3.05, 3.63) is 59.7 Å².